The van der Waals surface area contributed by atoms with Crippen molar-refractivity contribution in [1.82, 2.24) is 0 Å². The van der Waals surface area contributed by atoms with Gasteiger partial charge >= 0.3 is 0 Å². The van der Waals surface area contributed by atoms with Crippen LogP contribution < -0.4 is 9.64 Å². The summed E-state index contributed by atoms with van der Waals surface area (Å²) in [5.41, 5.74) is 2.94. The third-order valence-corrected chi connectivity index (χ3v) is 4.88. The fourth-order valence-electron chi connectivity index (χ4n) is 2.36. The molecule has 0 spiro atoms. The van der Waals surface area contributed by atoms with Crippen molar-refractivity contribution in [1.29, 1.82) is 0 Å². The first kappa shape index (κ1) is 16.7. The zero-order valence-corrected chi connectivity index (χ0v) is 15.1. The second-order valence-electron chi connectivity index (χ2n) is 5.35. The Labute approximate surface area is 151 Å². The fourth-order valence-corrected chi connectivity index (χ4v) is 3.66. The van der Waals surface area contributed by atoms with E-state index in [1.54, 1.807) is 4.90 Å². The molecule has 122 valence electrons. The van der Waals surface area contributed by atoms with Gasteiger partial charge in [-0.15, -0.1) is 0 Å². The maximum Gasteiger partial charge on any atom is 0.270 e. The Morgan fingerprint density at radius 3 is 2.42 bits per heavy atom. The maximum absolute atomic E-state index is 12.7. The number of hydrogen-bond donors (Lipinski definition) is 0. The van der Waals surface area contributed by atoms with Crippen LogP contribution in [0, 0.1) is 6.92 Å². The molecule has 1 aliphatic rings. The van der Waals surface area contributed by atoms with E-state index in [1.165, 1.54) is 17.3 Å². The van der Waals surface area contributed by atoms with E-state index in [9.17, 15) is 4.79 Å². The van der Waals surface area contributed by atoms with Gasteiger partial charge in [-0.3, -0.25) is 9.69 Å². The normalized spacial score (nSPS) is 16.1. The molecule has 0 atom stereocenters. The molecule has 0 bridgehead atoms. The van der Waals surface area contributed by atoms with Crippen molar-refractivity contribution in [2.45, 2.75) is 13.8 Å². The summed E-state index contributed by atoms with van der Waals surface area (Å²) in [6.07, 6.45) is 1.88. The van der Waals surface area contributed by atoms with E-state index in [4.69, 9.17) is 17.0 Å². The number of carbonyl (C=O) groups excluding carboxylic acids is 1. The molecule has 0 unspecified atom stereocenters. The van der Waals surface area contributed by atoms with Crippen LogP contribution in [0.4, 0.5) is 5.69 Å². The Morgan fingerprint density at radius 1 is 1.12 bits per heavy atom. The van der Waals surface area contributed by atoms with Crippen molar-refractivity contribution in [3.8, 4) is 5.75 Å². The number of thiocarbonyl (C=S) groups is 1. The number of thioether (sulfide) groups is 1. The van der Waals surface area contributed by atoms with Crippen molar-refractivity contribution in [2.24, 2.45) is 0 Å². The molecule has 5 heteroatoms. The molecule has 1 saturated heterocycles. The van der Waals surface area contributed by atoms with E-state index in [-0.39, 0.29) is 5.91 Å². The first-order valence-electron chi connectivity index (χ1n) is 7.66. The average Bonchev–Trinajstić information content (AvgIpc) is 2.85. The maximum atomic E-state index is 12.7. The van der Waals surface area contributed by atoms with Gasteiger partial charge in [0.1, 0.15) is 5.75 Å². The van der Waals surface area contributed by atoms with E-state index in [0.717, 1.165) is 17.0 Å². The lowest BCUT2D eigenvalue weighted by Gasteiger charge is -2.15. The summed E-state index contributed by atoms with van der Waals surface area (Å²) in [5, 5.41) is 0. The van der Waals surface area contributed by atoms with Gasteiger partial charge in [-0.2, -0.15) is 0 Å². The Bertz CT molecular complexity index is 795. The van der Waals surface area contributed by atoms with Crippen LogP contribution in [0.1, 0.15) is 18.1 Å². The second-order valence-corrected chi connectivity index (χ2v) is 7.03. The van der Waals surface area contributed by atoms with Crippen molar-refractivity contribution < 1.29 is 9.53 Å². The smallest absolute Gasteiger partial charge is 0.270 e. The highest BCUT2D eigenvalue weighted by atomic mass is 32.2. The van der Waals surface area contributed by atoms with E-state index >= 15 is 0 Å². The number of hydrogen-bond acceptors (Lipinski definition) is 4. The Hall–Kier alpha value is -2.11. The van der Waals surface area contributed by atoms with Gasteiger partial charge in [-0.25, -0.2) is 0 Å². The molecule has 1 aliphatic heterocycles. The lowest BCUT2D eigenvalue weighted by Crippen LogP contribution is -2.27. The summed E-state index contributed by atoms with van der Waals surface area (Å²) in [7, 11) is 0. The third-order valence-electron chi connectivity index (χ3n) is 3.57. The van der Waals surface area contributed by atoms with Crippen LogP contribution in [-0.2, 0) is 4.79 Å². The number of carbonyl (C=O) groups is 1. The molecule has 1 heterocycles. The molecule has 2 aromatic carbocycles. The van der Waals surface area contributed by atoms with Crippen LogP contribution in [0.25, 0.3) is 6.08 Å². The monoisotopic (exact) mass is 355 g/mol. The van der Waals surface area contributed by atoms with Gasteiger partial charge in [0.15, 0.2) is 4.32 Å². The molecule has 0 N–H and O–H groups in total. The van der Waals surface area contributed by atoms with E-state index in [2.05, 4.69) is 0 Å². The fraction of sp³-hybridized carbons (Fsp3) is 0.158. The van der Waals surface area contributed by atoms with Crippen LogP contribution in [0.2, 0.25) is 0 Å². The van der Waals surface area contributed by atoms with Crippen LogP contribution in [0.15, 0.2) is 53.4 Å². The summed E-state index contributed by atoms with van der Waals surface area (Å²) in [5.74, 6) is 0.691. The standard InChI is InChI=1S/C19H17NO2S2/c1-3-22-16-10-8-15(9-11-16)20-18(21)17(24-19(20)23)12-14-6-4-13(2)5-7-14/h4-12H,3H2,1-2H3/b17-12-. The largest absolute Gasteiger partial charge is 0.494 e. The average molecular weight is 355 g/mol. The number of rotatable bonds is 4. The molecule has 3 nitrogen and oxygen atoms in total. The number of benzene rings is 2. The van der Waals surface area contributed by atoms with Crippen molar-refractivity contribution in [2.75, 3.05) is 11.5 Å². The minimum Gasteiger partial charge on any atom is -0.494 e. The minimum absolute atomic E-state index is 0.0882. The van der Waals surface area contributed by atoms with Crippen LogP contribution in [-0.4, -0.2) is 16.8 Å². The molecule has 24 heavy (non-hydrogen) atoms. The van der Waals surface area contributed by atoms with Gasteiger partial charge in [0.2, 0.25) is 0 Å². The number of ether oxygens (including phenoxy) is 1. The molecule has 2 aromatic rings. The minimum atomic E-state index is -0.0882. The Balaban J connectivity index is 1.84. The zero-order valence-electron chi connectivity index (χ0n) is 13.5. The number of amides is 1. The summed E-state index contributed by atoms with van der Waals surface area (Å²) in [6, 6.07) is 15.5. The molecule has 1 amide bonds. The molecule has 0 aromatic heterocycles. The summed E-state index contributed by atoms with van der Waals surface area (Å²) in [6.45, 7) is 4.58. The topological polar surface area (TPSA) is 29.5 Å². The highest BCUT2D eigenvalue weighted by Gasteiger charge is 2.33. The van der Waals surface area contributed by atoms with Gasteiger partial charge in [-0.05, 0) is 49.8 Å². The highest BCUT2D eigenvalue weighted by Crippen LogP contribution is 2.36. The SMILES string of the molecule is CCOc1ccc(N2C(=O)/C(=C/c3ccc(C)cc3)SC2=S)cc1. The number of nitrogens with zero attached hydrogens (tertiary/aromatic N) is 1. The molecule has 1 fully saturated rings. The highest BCUT2D eigenvalue weighted by molar-refractivity contribution is 8.27. The first-order chi connectivity index (χ1) is 11.6. The summed E-state index contributed by atoms with van der Waals surface area (Å²) < 4.78 is 5.98. The molecular weight excluding hydrogens is 338 g/mol. The van der Waals surface area contributed by atoms with E-state index < -0.39 is 0 Å². The van der Waals surface area contributed by atoms with Crippen LogP contribution in [0.3, 0.4) is 0 Å². The van der Waals surface area contributed by atoms with Crippen molar-refractivity contribution in [3.05, 3.63) is 64.6 Å². The quantitative estimate of drug-likeness (QED) is 0.582. The second kappa shape index (κ2) is 7.20. The third kappa shape index (κ3) is 3.52. The lowest BCUT2D eigenvalue weighted by molar-refractivity contribution is -0.113. The van der Waals surface area contributed by atoms with E-state index in [1.807, 2.05) is 68.5 Å². The summed E-state index contributed by atoms with van der Waals surface area (Å²) >= 11 is 6.72. The van der Waals surface area contributed by atoms with Crippen LogP contribution in [0.5, 0.6) is 5.75 Å². The van der Waals surface area contributed by atoms with Crippen molar-refractivity contribution >= 4 is 46.0 Å². The Morgan fingerprint density at radius 2 is 1.79 bits per heavy atom. The van der Waals surface area contributed by atoms with Gasteiger partial charge < -0.3 is 4.74 Å². The van der Waals surface area contributed by atoms with Gasteiger partial charge in [0.25, 0.3) is 5.91 Å². The lowest BCUT2D eigenvalue weighted by atomic mass is 10.1. The van der Waals surface area contributed by atoms with Gasteiger partial charge in [-0.1, -0.05) is 53.8 Å². The predicted octanol–water partition coefficient (Wildman–Crippen LogP) is 4.80. The molecule has 0 aliphatic carbocycles. The first-order valence-corrected chi connectivity index (χ1v) is 8.88. The van der Waals surface area contributed by atoms with Gasteiger partial charge in [0, 0.05) is 0 Å². The molecular formula is C19H17NO2S2. The molecule has 3 rings (SSSR count). The molecule has 0 saturated carbocycles. The van der Waals surface area contributed by atoms with E-state index in [0.29, 0.717) is 15.8 Å². The Kier molecular flexibility index (Phi) is 5.02. The summed E-state index contributed by atoms with van der Waals surface area (Å²) in [4.78, 5) is 14.9. The zero-order chi connectivity index (χ0) is 17.1. The van der Waals surface area contributed by atoms with Crippen molar-refractivity contribution in [3.63, 3.8) is 0 Å². The number of aryl methyl sites for hydroxylation is 1. The van der Waals surface area contributed by atoms with Gasteiger partial charge in [0.05, 0.1) is 17.2 Å². The number of anilines is 1. The molecule has 0 radical (unpaired) electrons. The predicted molar refractivity (Wildman–Crippen MR) is 104 cm³/mol. The van der Waals surface area contributed by atoms with Crippen LogP contribution >= 0.6 is 24.0 Å².